The standard InChI is InChI=1S/C25H25ClFN5O2S/c1-2-33-23-15-19(14-22(26)24(23)34-17-18-8-10-20(27)11-9-18)16-28-12-13-35-25-29-30-31-32(25)21-6-4-3-5-7-21/h3-11,14-15,28H,2,12-13,16-17H2,1H3. The molecule has 0 bridgehead atoms. The normalized spacial score (nSPS) is 10.9. The van der Waals surface area contributed by atoms with Gasteiger partial charge in [0, 0.05) is 18.8 Å². The van der Waals surface area contributed by atoms with E-state index < -0.39 is 0 Å². The average molecular weight is 514 g/mol. The van der Waals surface area contributed by atoms with E-state index in [0.717, 1.165) is 34.3 Å². The minimum Gasteiger partial charge on any atom is -0.490 e. The first kappa shape index (κ1) is 25.0. The van der Waals surface area contributed by atoms with Crippen LogP contribution in [0, 0.1) is 5.82 Å². The molecule has 0 saturated carbocycles. The van der Waals surface area contributed by atoms with Crippen molar-refractivity contribution in [2.45, 2.75) is 25.2 Å². The fourth-order valence-corrected chi connectivity index (χ4v) is 4.39. The smallest absolute Gasteiger partial charge is 0.214 e. The maximum atomic E-state index is 13.1. The Labute approximate surface area is 212 Å². The van der Waals surface area contributed by atoms with E-state index in [-0.39, 0.29) is 12.4 Å². The second-order valence-corrected chi connectivity index (χ2v) is 8.96. The zero-order valence-electron chi connectivity index (χ0n) is 19.2. The van der Waals surface area contributed by atoms with Gasteiger partial charge in [0.05, 0.1) is 17.3 Å². The lowest BCUT2D eigenvalue weighted by molar-refractivity contribution is 0.269. The van der Waals surface area contributed by atoms with Crippen LogP contribution in [0.2, 0.25) is 5.02 Å². The number of nitrogens with zero attached hydrogens (tertiary/aromatic N) is 4. The van der Waals surface area contributed by atoms with E-state index in [0.29, 0.717) is 29.7 Å². The fourth-order valence-electron chi connectivity index (χ4n) is 3.31. The van der Waals surface area contributed by atoms with Crippen molar-refractivity contribution < 1.29 is 13.9 Å². The van der Waals surface area contributed by atoms with Gasteiger partial charge in [0.1, 0.15) is 12.4 Å². The van der Waals surface area contributed by atoms with Crippen LogP contribution in [0.3, 0.4) is 0 Å². The van der Waals surface area contributed by atoms with Gasteiger partial charge in [-0.15, -0.1) is 5.10 Å². The van der Waals surface area contributed by atoms with E-state index in [4.69, 9.17) is 21.1 Å². The number of ether oxygens (including phenoxy) is 2. The zero-order chi connectivity index (χ0) is 24.5. The summed E-state index contributed by atoms with van der Waals surface area (Å²) < 4.78 is 26.5. The third-order valence-electron chi connectivity index (χ3n) is 4.95. The summed E-state index contributed by atoms with van der Waals surface area (Å²) in [4.78, 5) is 0. The fraction of sp³-hybridized carbons (Fsp3) is 0.240. The predicted octanol–water partition coefficient (Wildman–Crippen LogP) is 5.31. The molecule has 4 aromatic rings. The van der Waals surface area contributed by atoms with Crippen LogP contribution in [0.5, 0.6) is 11.5 Å². The molecule has 0 saturated heterocycles. The van der Waals surface area contributed by atoms with Gasteiger partial charge >= 0.3 is 0 Å². The molecule has 7 nitrogen and oxygen atoms in total. The first-order chi connectivity index (χ1) is 17.1. The first-order valence-corrected chi connectivity index (χ1v) is 12.5. The summed E-state index contributed by atoms with van der Waals surface area (Å²) in [6, 6.07) is 19.7. The Morgan fingerprint density at radius 1 is 1.03 bits per heavy atom. The van der Waals surface area contributed by atoms with Gasteiger partial charge in [0.15, 0.2) is 11.5 Å². The van der Waals surface area contributed by atoms with Crippen molar-refractivity contribution in [3.8, 4) is 17.2 Å². The van der Waals surface area contributed by atoms with E-state index in [1.54, 1.807) is 28.6 Å². The van der Waals surface area contributed by atoms with Gasteiger partial charge in [0.2, 0.25) is 5.16 Å². The Morgan fingerprint density at radius 2 is 1.83 bits per heavy atom. The van der Waals surface area contributed by atoms with Gasteiger partial charge in [0.25, 0.3) is 0 Å². The molecule has 1 heterocycles. The summed E-state index contributed by atoms with van der Waals surface area (Å²) in [5, 5.41) is 16.6. The van der Waals surface area contributed by atoms with Crippen LogP contribution in [0.25, 0.3) is 5.69 Å². The van der Waals surface area contributed by atoms with Gasteiger partial charge in [-0.05, 0) is 64.9 Å². The number of hydrogen-bond acceptors (Lipinski definition) is 7. The molecule has 182 valence electrons. The molecule has 0 atom stereocenters. The molecular formula is C25H25ClFN5O2S. The highest BCUT2D eigenvalue weighted by Gasteiger charge is 2.13. The van der Waals surface area contributed by atoms with E-state index in [1.807, 2.05) is 49.4 Å². The lowest BCUT2D eigenvalue weighted by atomic mass is 10.2. The second kappa shape index (κ2) is 12.5. The van der Waals surface area contributed by atoms with Crippen molar-refractivity contribution >= 4 is 23.4 Å². The molecule has 0 amide bonds. The van der Waals surface area contributed by atoms with Crippen LogP contribution >= 0.6 is 23.4 Å². The highest BCUT2D eigenvalue weighted by Crippen LogP contribution is 2.37. The van der Waals surface area contributed by atoms with Crippen LogP contribution < -0.4 is 14.8 Å². The maximum Gasteiger partial charge on any atom is 0.214 e. The first-order valence-electron chi connectivity index (χ1n) is 11.1. The third kappa shape index (κ3) is 6.94. The highest BCUT2D eigenvalue weighted by atomic mass is 35.5. The van der Waals surface area contributed by atoms with E-state index in [2.05, 4.69) is 20.8 Å². The zero-order valence-corrected chi connectivity index (χ0v) is 20.7. The van der Waals surface area contributed by atoms with E-state index >= 15 is 0 Å². The highest BCUT2D eigenvalue weighted by molar-refractivity contribution is 7.99. The van der Waals surface area contributed by atoms with Crippen LogP contribution in [0.1, 0.15) is 18.1 Å². The predicted molar refractivity (Wildman–Crippen MR) is 135 cm³/mol. The number of aromatic nitrogens is 4. The van der Waals surface area contributed by atoms with E-state index in [9.17, 15) is 4.39 Å². The quantitative estimate of drug-likeness (QED) is 0.203. The summed E-state index contributed by atoms with van der Waals surface area (Å²) in [6.45, 7) is 4.01. The van der Waals surface area contributed by atoms with Crippen molar-refractivity contribution in [1.82, 2.24) is 25.5 Å². The number of para-hydroxylation sites is 1. The maximum absolute atomic E-state index is 13.1. The largest absolute Gasteiger partial charge is 0.490 e. The van der Waals surface area contributed by atoms with Gasteiger partial charge < -0.3 is 14.8 Å². The van der Waals surface area contributed by atoms with Crippen molar-refractivity contribution in [1.29, 1.82) is 0 Å². The SMILES string of the molecule is CCOc1cc(CNCCSc2nnnn2-c2ccccc2)cc(Cl)c1OCc1ccc(F)cc1. The van der Waals surface area contributed by atoms with Crippen LogP contribution in [0.15, 0.2) is 71.9 Å². The number of thioether (sulfide) groups is 1. The van der Waals surface area contributed by atoms with E-state index in [1.165, 1.54) is 12.1 Å². The Balaban J connectivity index is 1.31. The molecule has 0 radical (unpaired) electrons. The molecule has 1 N–H and O–H groups in total. The number of tetrazole rings is 1. The minimum atomic E-state index is -0.285. The summed E-state index contributed by atoms with van der Waals surface area (Å²) in [5.74, 6) is 1.56. The molecule has 0 aliphatic rings. The van der Waals surface area contributed by atoms with Crippen LogP contribution in [0.4, 0.5) is 4.39 Å². The topological polar surface area (TPSA) is 74.1 Å². The molecule has 35 heavy (non-hydrogen) atoms. The van der Waals surface area contributed by atoms with Crippen molar-refractivity contribution in [3.05, 3.63) is 88.7 Å². The molecule has 10 heteroatoms. The monoisotopic (exact) mass is 513 g/mol. The second-order valence-electron chi connectivity index (χ2n) is 7.49. The molecule has 0 spiro atoms. The Kier molecular flexibility index (Phi) is 8.94. The van der Waals surface area contributed by atoms with Crippen LogP contribution in [-0.2, 0) is 13.2 Å². The third-order valence-corrected chi connectivity index (χ3v) is 6.15. The van der Waals surface area contributed by atoms with Crippen LogP contribution in [-0.4, -0.2) is 39.1 Å². The van der Waals surface area contributed by atoms with Gasteiger partial charge in [-0.3, -0.25) is 0 Å². The molecule has 0 unspecified atom stereocenters. The van der Waals surface area contributed by atoms with Gasteiger partial charge in [-0.2, -0.15) is 4.68 Å². The Morgan fingerprint density at radius 3 is 2.60 bits per heavy atom. The molecule has 0 fully saturated rings. The molecule has 1 aromatic heterocycles. The summed E-state index contributed by atoms with van der Waals surface area (Å²) in [5.41, 5.74) is 2.74. The summed E-state index contributed by atoms with van der Waals surface area (Å²) in [7, 11) is 0. The molecule has 3 aromatic carbocycles. The number of benzene rings is 3. The number of halogens is 2. The molecule has 0 aliphatic heterocycles. The lowest BCUT2D eigenvalue weighted by Crippen LogP contribution is -2.17. The van der Waals surface area contributed by atoms with Gasteiger partial charge in [-0.25, -0.2) is 4.39 Å². The van der Waals surface area contributed by atoms with Crippen molar-refractivity contribution in [2.75, 3.05) is 18.9 Å². The molecule has 0 aliphatic carbocycles. The van der Waals surface area contributed by atoms with Gasteiger partial charge in [-0.1, -0.05) is 53.7 Å². The lowest BCUT2D eigenvalue weighted by Gasteiger charge is -2.16. The Hall–Kier alpha value is -3.14. The van der Waals surface area contributed by atoms with Crippen molar-refractivity contribution in [3.63, 3.8) is 0 Å². The minimum absolute atomic E-state index is 0.261. The Bertz CT molecular complexity index is 1220. The number of rotatable bonds is 12. The molecular weight excluding hydrogens is 489 g/mol. The summed E-state index contributed by atoms with van der Waals surface area (Å²) in [6.07, 6.45) is 0. The number of nitrogens with one attached hydrogen (secondary N) is 1. The average Bonchev–Trinajstić information content (AvgIpc) is 3.34. The molecule has 4 rings (SSSR count). The van der Waals surface area contributed by atoms with Crippen molar-refractivity contribution in [2.24, 2.45) is 0 Å². The number of hydrogen-bond donors (Lipinski definition) is 1. The summed E-state index contributed by atoms with van der Waals surface area (Å²) >= 11 is 8.10.